The molecule has 6 heteroatoms. The van der Waals surface area contributed by atoms with Crippen molar-refractivity contribution in [3.05, 3.63) is 48.2 Å². The fourth-order valence-electron chi connectivity index (χ4n) is 2.96. The minimum atomic E-state index is -0.469. The zero-order chi connectivity index (χ0) is 18.4. The Morgan fingerprint density at radius 3 is 2.58 bits per heavy atom. The van der Waals surface area contributed by atoms with Crippen LogP contribution in [-0.4, -0.2) is 35.7 Å². The summed E-state index contributed by atoms with van der Waals surface area (Å²) in [6.07, 6.45) is 4.27. The highest BCUT2D eigenvalue weighted by Gasteiger charge is 2.13. The Morgan fingerprint density at radius 2 is 1.96 bits per heavy atom. The molecule has 1 saturated heterocycles. The smallest absolute Gasteiger partial charge is 0.262 e. The first-order valence-corrected chi connectivity index (χ1v) is 9.07. The van der Waals surface area contributed by atoms with E-state index in [1.54, 1.807) is 18.3 Å². The molecular weight excluding hydrogens is 330 g/mol. The molecule has 3 rings (SSSR count). The van der Waals surface area contributed by atoms with Crippen molar-refractivity contribution in [1.29, 1.82) is 0 Å². The van der Waals surface area contributed by atoms with Crippen molar-refractivity contribution in [1.82, 2.24) is 4.98 Å². The molecule has 1 aromatic carbocycles. The monoisotopic (exact) mass is 355 g/mol. The van der Waals surface area contributed by atoms with E-state index in [-0.39, 0.29) is 12.5 Å². The van der Waals surface area contributed by atoms with Crippen LogP contribution >= 0.6 is 0 Å². The highest BCUT2D eigenvalue weighted by molar-refractivity contribution is 5.91. The van der Waals surface area contributed by atoms with E-state index in [1.165, 1.54) is 12.8 Å². The summed E-state index contributed by atoms with van der Waals surface area (Å²) in [6.45, 7) is 3.93. The second kappa shape index (κ2) is 8.67. The van der Waals surface area contributed by atoms with E-state index < -0.39 is 6.10 Å². The van der Waals surface area contributed by atoms with E-state index >= 15 is 0 Å². The van der Waals surface area contributed by atoms with Crippen molar-refractivity contribution < 1.29 is 14.6 Å². The third-order valence-corrected chi connectivity index (χ3v) is 4.48. The summed E-state index contributed by atoms with van der Waals surface area (Å²) in [5, 5.41) is 12.6. The Bertz CT molecular complexity index is 710. The largest absolute Gasteiger partial charge is 0.484 e. The molecule has 1 atom stereocenters. The first kappa shape index (κ1) is 18.2. The lowest BCUT2D eigenvalue weighted by atomic mass is 10.1. The van der Waals surface area contributed by atoms with Gasteiger partial charge in [-0.05, 0) is 49.1 Å². The van der Waals surface area contributed by atoms with Gasteiger partial charge in [-0.25, -0.2) is 4.98 Å². The molecule has 1 aliphatic rings. The predicted octanol–water partition coefficient (Wildman–Crippen LogP) is 3.14. The lowest BCUT2D eigenvalue weighted by molar-refractivity contribution is -0.118. The molecule has 26 heavy (non-hydrogen) atoms. The SMILES string of the molecule is CC[C@H](O)c1ccc(OCC(=O)Nc2ccc(N3CCCC3)nc2)cc1. The summed E-state index contributed by atoms with van der Waals surface area (Å²) in [5.41, 5.74) is 1.50. The third-order valence-electron chi connectivity index (χ3n) is 4.48. The van der Waals surface area contributed by atoms with Crippen LogP contribution in [0.4, 0.5) is 11.5 Å². The molecule has 0 radical (unpaired) electrons. The number of amides is 1. The summed E-state index contributed by atoms with van der Waals surface area (Å²) >= 11 is 0. The number of carbonyl (C=O) groups is 1. The normalized spacial score (nSPS) is 14.9. The molecular formula is C20H25N3O3. The fourth-order valence-corrected chi connectivity index (χ4v) is 2.96. The summed E-state index contributed by atoms with van der Waals surface area (Å²) in [6, 6.07) is 10.9. The zero-order valence-electron chi connectivity index (χ0n) is 15.0. The minimum Gasteiger partial charge on any atom is -0.484 e. The Labute approximate surface area is 153 Å². The summed E-state index contributed by atoms with van der Waals surface area (Å²) in [7, 11) is 0. The van der Waals surface area contributed by atoms with E-state index in [2.05, 4.69) is 15.2 Å². The molecule has 1 amide bonds. The summed E-state index contributed by atoms with van der Waals surface area (Å²) in [5.74, 6) is 1.30. The Hall–Kier alpha value is -2.60. The molecule has 2 aromatic rings. The molecule has 0 spiro atoms. The number of rotatable bonds is 7. The van der Waals surface area contributed by atoms with Crippen LogP contribution < -0.4 is 15.0 Å². The van der Waals surface area contributed by atoms with Gasteiger partial charge in [0.25, 0.3) is 5.91 Å². The van der Waals surface area contributed by atoms with Crippen molar-refractivity contribution in [2.45, 2.75) is 32.3 Å². The van der Waals surface area contributed by atoms with Gasteiger partial charge in [-0.1, -0.05) is 19.1 Å². The topological polar surface area (TPSA) is 74.7 Å². The number of carbonyl (C=O) groups excluding carboxylic acids is 1. The molecule has 0 unspecified atom stereocenters. The summed E-state index contributed by atoms with van der Waals surface area (Å²) < 4.78 is 5.49. The van der Waals surface area contributed by atoms with Gasteiger partial charge in [-0.2, -0.15) is 0 Å². The van der Waals surface area contributed by atoms with Gasteiger partial charge in [0.15, 0.2) is 6.61 Å². The van der Waals surface area contributed by atoms with Gasteiger partial charge in [0.2, 0.25) is 0 Å². The first-order valence-electron chi connectivity index (χ1n) is 9.07. The van der Waals surface area contributed by atoms with Crippen LogP contribution in [0.15, 0.2) is 42.6 Å². The van der Waals surface area contributed by atoms with E-state index in [4.69, 9.17) is 4.74 Å². The van der Waals surface area contributed by atoms with Gasteiger partial charge < -0.3 is 20.1 Å². The van der Waals surface area contributed by atoms with Crippen LogP contribution in [0.2, 0.25) is 0 Å². The number of nitrogens with one attached hydrogen (secondary N) is 1. The maximum absolute atomic E-state index is 12.0. The van der Waals surface area contributed by atoms with Crippen molar-refractivity contribution in [2.24, 2.45) is 0 Å². The molecule has 138 valence electrons. The average Bonchev–Trinajstić information content (AvgIpc) is 3.21. The zero-order valence-corrected chi connectivity index (χ0v) is 15.0. The van der Waals surface area contributed by atoms with Crippen molar-refractivity contribution in [2.75, 3.05) is 29.9 Å². The van der Waals surface area contributed by atoms with Gasteiger partial charge in [0.05, 0.1) is 18.0 Å². The standard InChI is InChI=1S/C20H25N3O3/c1-2-18(24)15-5-8-17(9-6-15)26-14-20(25)22-16-7-10-19(21-13-16)23-11-3-4-12-23/h5-10,13,18,24H,2-4,11-12,14H2,1H3,(H,22,25)/t18-/m0/s1. The van der Waals surface area contributed by atoms with Crippen LogP contribution in [0.5, 0.6) is 5.75 Å². The van der Waals surface area contributed by atoms with Crippen LogP contribution in [0, 0.1) is 0 Å². The van der Waals surface area contributed by atoms with Crippen molar-refractivity contribution >= 4 is 17.4 Å². The minimum absolute atomic E-state index is 0.0798. The Balaban J connectivity index is 1.47. The van der Waals surface area contributed by atoms with Gasteiger partial charge >= 0.3 is 0 Å². The molecule has 0 aliphatic carbocycles. The van der Waals surface area contributed by atoms with Gasteiger partial charge in [0.1, 0.15) is 11.6 Å². The first-order chi connectivity index (χ1) is 12.7. The maximum atomic E-state index is 12.0. The number of aliphatic hydroxyl groups excluding tert-OH is 1. The molecule has 1 aliphatic heterocycles. The Kier molecular flexibility index (Phi) is 6.07. The van der Waals surface area contributed by atoms with Gasteiger partial charge in [-0.3, -0.25) is 4.79 Å². The number of nitrogens with zero attached hydrogens (tertiary/aromatic N) is 2. The molecule has 0 bridgehead atoms. The summed E-state index contributed by atoms with van der Waals surface area (Å²) in [4.78, 5) is 18.7. The van der Waals surface area contributed by atoms with E-state index in [1.807, 2.05) is 31.2 Å². The lowest BCUT2D eigenvalue weighted by Crippen LogP contribution is -2.21. The van der Waals surface area contributed by atoms with Crippen LogP contribution in [0.25, 0.3) is 0 Å². The van der Waals surface area contributed by atoms with E-state index in [0.29, 0.717) is 17.9 Å². The van der Waals surface area contributed by atoms with Gasteiger partial charge in [-0.15, -0.1) is 0 Å². The van der Waals surface area contributed by atoms with Crippen LogP contribution in [0.3, 0.4) is 0 Å². The second-order valence-corrected chi connectivity index (χ2v) is 6.43. The number of aliphatic hydroxyl groups is 1. The van der Waals surface area contributed by atoms with E-state index in [9.17, 15) is 9.90 Å². The molecule has 1 aromatic heterocycles. The van der Waals surface area contributed by atoms with Crippen LogP contribution in [-0.2, 0) is 4.79 Å². The number of pyridine rings is 1. The number of aromatic nitrogens is 1. The number of benzene rings is 1. The average molecular weight is 355 g/mol. The quantitative estimate of drug-likeness (QED) is 0.798. The lowest BCUT2D eigenvalue weighted by Gasteiger charge is -2.16. The number of anilines is 2. The van der Waals surface area contributed by atoms with E-state index in [0.717, 1.165) is 24.5 Å². The molecule has 2 N–H and O–H groups in total. The maximum Gasteiger partial charge on any atom is 0.262 e. The second-order valence-electron chi connectivity index (χ2n) is 6.43. The number of hydrogen-bond donors (Lipinski definition) is 2. The third kappa shape index (κ3) is 4.73. The molecule has 2 heterocycles. The highest BCUT2D eigenvalue weighted by Crippen LogP contribution is 2.20. The highest BCUT2D eigenvalue weighted by atomic mass is 16.5. The van der Waals surface area contributed by atoms with Crippen molar-refractivity contribution in [3.8, 4) is 5.75 Å². The predicted molar refractivity (Wildman–Crippen MR) is 102 cm³/mol. The van der Waals surface area contributed by atoms with Gasteiger partial charge in [0, 0.05) is 13.1 Å². The number of hydrogen-bond acceptors (Lipinski definition) is 5. The molecule has 1 fully saturated rings. The Morgan fingerprint density at radius 1 is 1.23 bits per heavy atom. The number of ether oxygens (including phenoxy) is 1. The molecule has 6 nitrogen and oxygen atoms in total. The molecule has 0 saturated carbocycles. The van der Waals surface area contributed by atoms with Crippen molar-refractivity contribution in [3.63, 3.8) is 0 Å². The fraction of sp³-hybridized carbons (Fsp3) is 0.400. The van der Waals surface area contributed by atoms with Crippen LogP contribution in [0.1, 0.15) is 37.9 Å².